The van der Waals surface area contributed by atoms with Gasteiger partial charge in [0.2, 0.25) is 5.91 Å². The van der Waals surface area contributed by atoms with Gasteiger partial charge in [0.25, 0.3) is 0 Å². The first-order valence-corrected chi connectivity index (χ1v) is 8.27. The highest BCUT2D eigenvalue weighted by molar-refractivity contribution is 5.76. The summed E-state index contributed by atoms with van der Waals surface area (Å²) in [5.41, 5.74) is 2.04. The average molecular weight is 343 g/mol. The molecule has 2 aromatic carbocycles. The second-order valence-electron chi connectivity index (χ2n) is 5.63. The first-order chi connectivity index (χ1) is 12.2. The number of nitrogens with one attached hydrogen (secondary N) is 1. The second kappa shape index (κ2) is 9.57. The van der Waals surface area contributed by atoms with Gasteiger partial charge in [-0.3, -0.25) is 4.79 Å². The summed E-state index contributed by atoms with van der Waals surface area (Å²) in [6.07, 6.45) is 2.19. The van der Waals surface area contributed by atoms with E-state index in [1.165, 1.54) is 5.56 Å². The molecule has 2 aromatic rings. The van der Waals surface area contributed by atoms with Crippen molar-refractivity contribution < 1.29 is 19.0 Å². The Labute approximate surface area is 148 Å². The first-order valence-electron chi connectivity index (χ1n) is 8.27. The van der Waals surface area contributed by atoms with Gasteiger partial charge in [0.05, 0.1) is 33.4 Å². The van der Waals surface area contributed by atoms with Gasteiger partial charge in [0, 0.05) is 18.6 Å². The molecule has 134 valence electrons. The maximum atomic E-state index is 12.1. The van der Waals surface area contributed by atoms with E-state index < -0.39 is 0 Å². The lowest BCUT2D eigenvalue weighted by atomic mass is 10.1. The van der Waals surface area contributed by atoms with Gasteiger partial charge >= 0.3 is 0 Å². The van der Waals surface area contributed by atoms with Crippen LogP contribution < -0.4 is 19.5 Å². The van der Waals surface area contributed by atoms with Crippen LogP contribution in [0.4, 0.5) is 0 Å². The monoisotopic (exact) mass is 343 g/mol. The zero-order chi connectivity index (χ0) is 18.1. The molecular weight excluding hydrogens is 318 g/mol. The van der Waals surface area contributed by atoms with Gasteiger partial charge in [0.1, 0.15) is 17.2 Å². The number of carbonyl (C=O) groups is 1. The Kier molecular flexibility index (Phi) is 7.14. The molecule has 5 nitrogen and oxygen atoms in total. The number of hydrogen-bond donors (Lipinski definition) is 1. The Morgan fingerprint density at radius 2 is 1.60 bits per heavy atom. The third-order valence-corrected chi connectivity index (χ3v) is 3.99. The van der Waals surface area contributed by atoms with Crippen molar-refractivity contribution in [3.63, 3.8) is 0 Å². The van der Waals surface area contributed by atoms with Crippen molar-refractivity contribution in [2.24, 2.45) is 0 Å². The number of rotatable bonds is 9. The molecule has 0 fully saturated rings. The van der Waals surface area contributed by atoms with Gasteiger partial charge in [0.15, 0.2) is 0 Å². The van der Waals surface area contributed by atoms with Crippen molar-refractivity contribution in [3.05, 3.63) is 53.6 Å². The Balaban J connectivity index is 1.90. The lowest BCUT2D eigenvalue weighted by molar-refractivity contribution is -0.121. The number of amides is 1. The minimum Gasteiger partial charge on any atom is -0.496 e. The fourth-order valence-corrected chi connectivity index (χ4v) is 2.63. The van der Waals surface area contributed by atoms with Crippen LogP contribution in [0.15, 0.2) is 42.5 Å². The predicted octanol–water partition coefficient (Wildman–Crippen LogP) is 3.35. The van der Waals surface area contributed by atoms with Crippen LogP contribution in [0.1, 0.15) is 24.0 Å². The van der Waals surface area contributed by atoms with E-state index in [-0.39, 0.29) is 5.91 Å². The summed E-state index contributed by atoms with van der Waals surface area (Å²) in [5, 5.41) is 2.93. The fourth-order valence-electron chi connectivity index (χ4n) is 2.63. The van der Waals surface area contributed by atoms with Crippen molar-refractivity contribution in [2.75, 3.05) is 21.3 Å². The van der Waals surface area contributed by atoms with E-state index in [0.717, 1.165) is 18.4 Å². The zero-order valence-corrected chi connectivity index (χ0v) is 15.0. The molecule has 0 saturated carbocycles. The van der Waals surface area contributed by atoms with Crippen LogP contribution in [0.2, 0.25) is 0 Å². The van der Waals surface area contributed by atoms with Gasteiger partial charge in [-0.15, -0.1) is 0 Å². The van der Waals surface area contributed by atoms with Crippen molar-refractivity contribution in [1.82, 2.24) is 5.32 Å². The summed E-state index contributed by atoms with van der Waals surface area (Å²) < 4.78 is 16.0. The van der Waals surface area contributed by atoms with Gasteiger partial charge in [-0.1, -0.05) is 30.3 Å². The lowest BCUT2D eigenvalue weighted by Crippen LogP contribution is -2.23. The van der Waals surface area contributed by atoms with Crippen molar-refractivity contribution in [1.29, 1.82) is 0 Å². The molecule has 0 spiro atoms. The van der Waals surface area contributed by atoms with Gasteiger partial charge in [-0.25, -0.2) is 0 Å². The molecule has 0 atom stereocenters. The van der Waals surface area contributed by atoms with Crippen molar-refractivity contribution >= 4 is 5.91 Å². The van der Waals surface area contributed by atoms with E-state index in [9.17, 15) is 4.79 Å². The molecule has 5 heteroatoms. The minimum absolute atomic E-state index is 0.0101. The highest BCUT2D eigenvalue weighted by Gasteiger charge is 2.14. The van der Waals surface area contributed by atoms with E-state index in [1.54, 1.807) is 33.5 Å². The van der Waals surface area contributed by atoms with Crippen LogP contribution in [0.25, 0.3) is 0 Å². The maximum Gasteiger partial charge on any atom is 0.220 e. The number of carbonyl (C=O) groups excluding carboxylic acids is 1. The number of ether oxygens (including phenoxy) is 3. The summed E-state index contributed by atoms with van der Waals surface area (Å²) in [6.45, 7) is 0.348. The lowest BCUT2D eigenvalue weighted by Gasteiger charge is -2.15. The Hall–Kier alpha value is -2.69. The quantitative estimate of drug-likeness (QED) is 0.759. The molecule has 0 aliphatic rings. The summed E-state index contributed by atoms with van der Waals surface area (Å²) in [6, 6.07) is 13.7. The van der Waals surface area contributed by atoms with E-state index >= 15 is 0 Å². The van der Waals surface area contributed by atoms with Gasteiger partial charge < -0.3 is 19.5 Å². The number of hydrogen-bond acceptors (Lipinski definition) is 4. The molecule has 0 radical (unpaired) electrons. The number of benzene rings is 2. The molecule has 25 heavy (non-hydrogen) atoms. The van der Waals surface area contributed by atoms with Crippen molar-refractivity contribution in [2.45, 2.75) is 25.8 Å². The average Bonchev–Trinajstić information content (AvgIpc) is 2.66. The highest BCUT2D eigenvalue weighted by atomic mass is 16.5. The largest absolute Gasteiger partial charge is 0.496 e. The second-order valence-corrected chi connectivity index (χ2v) is 5.63. The van der Waals surface area contributed by atoms with Crippen LogP contribution in [0.3, 0.4) is 0 Å². The summed E-state index contributed by atoms with van der Waals surface area (Å²) in [4.78, 5) is 12.1. The maximum absolute atomic E-state index is 12.1. The third-order valence-electron chi connectivity index (χ3n) is 3.99. The third kappa shape index (κ3) is 5.41. The zero-order valence-electron chi connectivity index (χ0n) is 15.0. The molecule has 1 amide bonds. The molecule has 0 aliphatic carbocycles. The van der Waals surface area contributed by atoms with E-state index in [0.29, 0.717) is 30.2 Å². The predicted molar refractivity (Wildman–Crippen MR) is 97.3 cm³/mol. The summed E-state index contributed by atoms with van der Waals surface area (Å²) in [7, 11) is 4.75. The van der Waals surface area contributed by atoms with E-state index in [2.05, 4.69) is 17.4 Å². The van der Waals surface area contributed by atoms with Crippen molar-refractivity contribution in [3.8, 4) is 17.2 Å². The smallest absolute Gasteiger partial charge is 0.220 e. The first kappa shape index (κ1) is 18.6. The van der Waals surface area contributed by atoms with Crippen LogP contribution in [0, 0.1) is 0 Å². The normalized spacial score (nSPS) is 10.2. The molecule has 0 unspecified atom stereocenters. The van der Waals surface area contributed by atoms with E-state index in [4.69, 9.17) is 14.2 Å². The molecule has 2 rings (SSSR count). The molecular formula is C20H25NO4. The van der Waals surface area contributed by atoms with Crippen LogP contribution in [-0.2, 0) is 17.8 Å². The molecule has 0 aliphatic heterocycles. The summed E-state index contributed by atoms with van der Waals surface area (Å²) in [5.74, 6) is 1.91. The molecule has 0 aromatic heterocycles. The standard InChI is InChI=1S/C20H25NO4/c1-23-16-12-18(24-2)17(19(13-16)25-3)14-21-20(22)11-7-10-15-8-5-4-6-9-15/h4-6,8-9,12-13H,7,10-11,14H2,1-3H3,(H,21,22). The molecule has 0 bridgehead atoms. The fraction of sp³-hybridized carbons (Fsp3) is 0.350. The van der Waals surface area contributed by atoms with Crippen LogP contribution in [0.5, 0.6) is 17.2 Å². The molecule has 1 N–H and O–H groups in total. The molecule has 0 saturated heterocycles. The SMILES string of the molecule is COc1cc(OC)c(CNC(=O)CCCc2ccccc2)c(OC)c1. The van der Waals surface area contributed by atoms with Gasteiger partial charge in [-0.2, -0.15) is 0 Å². The van der Waals surface area contributed by atoms with Crippen LogP contribution >= 0.6 is 0 Å². The Morgan fingerprint density at radius 3 is 2.16 bits per heavy atom. The summed E-state index contributed by atoms with van der Waals surface area (Å²) >= 11 is 0. The van der Waals surface area contributed by atoms with Crippen LogP contribution in [-0.4, -0.2) is 27.2 Å². The van der Waals surface area contributed by atoms with Gasteiger partial charge in [-0.05, 0) is 18.4 Å². The number of aryl methyl sites for hydroxylation is 1. The molecule has 0 heterocycles. The van der Waals surface area contributed by atoms with E-state index in [1.807, 2.05) is 18.2 Å². The topological polar surface area (TPSA) is 56.8 Å². The highest BCUT2D eigenvalue weighted by Crippen LogP contribution is 2.33. The number of methoxy groups -OCH3 is 3. The Bertz CT molecular complexity index is 660. The Morgan fingerprint density at radius 1 is 0.960 bits per heavy atom. The minimum atomic E-state index is 0.0101.